The number of amides is 1. The zero-order valence-corrected chi connectivity index (χ0v) is 15.3. The molecule has 1 aliphatic rings. The normalized spacial score (nSPS) is 16.3. The fourth-order valence-corrected chi connectivity index (χ4v) is 3.45. The Hall–Kier alpha value is -2.59. The average Bonchev–Trinajstić information content (AvgIpc) is 2.66. The predicted octanol–water partition coefficient (Wildman–Crippen LogP) is 1.95. The smallest absolute Gasteiger partial charge is 0.316 e. The summed E-state index contributed by atoms with van der Waals surface area (Å²) in [6.45, 7) is 5.78. The summed E-state index contributed by atoms with van der Waals surface area (Å²) in [5, 5.41) is 2.20. The second-order valence-electron chi connectivity index (χ2n) is 5.46. The highest BCUT2D eigenvalue weighted by molar-refractivity contribution is 7.96. The Labute approximate surface area is 151 Å². The van der Waals surface area contributed by atoms with E-state index in [0.717, 1.165) is 0 Å². The number of rotatable bonds is 5. The molecule has 0 atom stereocenters. The van der Waals surface area contributed by atoms with Gasteiger partial charge in [0.05, 0.1) is 13.2 Å². The molecule has 1 heterocycles. The fraction of sp³-hybridized carbons (Fsp3) is 0.375. The number of morpholine rings is 1. The van der Waals surface area contributed by atoms with E-state index in [1.807, 2.05) is 4.90 Å². The van der Waals surface area contributed by atoms with Gasteiger partial charge in [0.15, 0.2) is 5.03 Å². The van der Waals surface area contributed by atoms with Crippen molar-refractivity contribution >= 4 is 27.5 Å². The van der Waals surface area contributed by atoms with Crippen LogP contribution in [0.15, 0.2) is 45.5 Å². The summed E-state index contributed by atoms with van der Waals surface area (Å²) in [6.07, 6.45) is 1.40. The van der Waals surface area contributed by atoms with Gasteiger partial charge in [-0.1, -0.05) is 0 Å². The first-order valence-electron chi connectivity index (χ1n) is 7.92. The monoisotopic (exact) mass is 380 g/mol. The van der Waals surface area contributed by atoms with Gasteiger partial charge in [0.1, 0.15) is 5.84 Å². The SMILES string of the molecule is C/C=C(\N=C(/C)N1CCOCC1)S(=O)(=O)Nc1ccc(C(=O)N=O)cc1. The number of anilines is 1. The third kappa shape index (κ3) is 4.96. The van der Waals surface area contributed by atoms with Gasteiger partial charge in [0, 0.05) is 29.5 Å². The third-order valence-electron chi connectivity index (χ3n) is 3.73. The number of hydrogen-bond donors (Lipinski definition) is 1. The van der Waals surface area contributed by atoms with Crippen LogP contribution in [0, 0.1) is 4.91 Å². The first-order chi connectivity index (χ1) is 12.4. The minimum atomic E-state index is -3.90. The molecule has 26 heavy (non-hydrogen) atoms. The van der Waals surface area contributed by atoms with E-state index in [9.17, 15) is 18.1 Å². The number of nitrogens with zero attached hydrogens (tertiary/aromatic N) is 3. The Morgan fingerprint density at radius 1 is 1.23 bits per heavy atom. The minimum absolute atomic E-state index is 0.0791. The van der Waals surface area contributed by atoms with Gasteiger partial charge >= 0.3 is 5.91 Å². The van der Waals surface area contributed by atoms with Crippen molar-refractivity contribution in [3.63, 3.8) is 0 Å². The molecule has 0 aromatic heterocycles. The number of carbonyl (C=O) groups is 1. The number of sulfonamides is 1. The zero-order chi connectivity index (χ0) is 19.2. The lowest BCUT2D eigenvalue weighted by Gasteiger charge is -2.28. The molecule has 1 aromatic rings. The number of nitrogens with one attached hydrogen (secondary N) is 1. The number of allylic oxidation sites excluding steroid dienone is 1. The second-order valence-corrected chi connectivity index (χ2v) is 7.09. The van der Waals surface area contributed by atoms with E-state index >= 15 is 0 Å². The van der Waals surface area contributed by atoms with Crippen LogP contribution in [-0.2, 0) is 14.8 Å². The molecule has 1 aliphatic heterocycles. The van der Waals surface area contributed by atoms with Gasteiger partial charge in [-0.3, -0.25) is 9.52 Å². The summed E-state index contributed by atoms with van der Waals surface area (Å²) >= 11 is 0. The largest absolute Gasteiger partial charge is 0.378 e. The van der Waals surface area contributed by atoms with Crippen molar-refractivity contribution in [2.75, 3.05) is 31.0 Å². The van der Waals surface area contributed by atoms with E-state index in [1.165, 1.54) is 30.3 Å². The molecule has 0 aliphatic carbocycles. The Morgan fingerprint density at radius 3 is 2.38 bits per heavy atom. The molecule has 0 unspecified atom stereocenters. The number of aliphatic imine (C=N–C) groups is 1. The number of ether oxygens (including phenoxy) is 1. The molecular weight excluding hydrogens is 360 g/mol. The predicted molar refractivity (Wildman–Crippen MR) is 98.4 cm³/mol. The summed E-state index contributed by atoms with van der Waals surface area (Å²) in [7, 11) is -3.90. The minimum Gasteiger partial charge on any atom is -0.378 e. The van der Waals surface area contributed by atoms with Gasteiger partial charge in [-0.25, -0.2) is 4.99 Å². The van der Waals surface area contributed by atoms with Crippen LogP contribution in [0.25, 0.3) is 0 Å². The summed E-state index contributed by atoms with van der Waals surface area (Å²) in [4.78, 5) is 27.6. The lowest BCUT2D eigenvalue weighted by Crippen LogP contribution is -2.39. The van der Waals surface area contributed by atoms with Crippen molar-refractivity contribution in [2.45, 2.75) is 13.8 Å². The summed E-state index contributed by atoms with van der Waals surface area (Å²) in [5.41, 5.74) is 0.321. The molecule has 1 saturated heterocycles. The third-order valence-corrected chi connectivity index (χ3v) is 5.11. The van der Waals surface area contributed by atoms with Crippen molar-refractivity contribution in [3.05, 3.63) is 45.8 Å². The van der Waals surface area contributed by atoms with Gasteiger partial charge < -0.3 is 9.64 Å². The summed E-state index contributed by atoms with van der Waals surface area (Å²) < 4.78 is 32.8. The van der Waals surface area contributed by atoms with Gasteiger partial charge in [-0.05, 0) is 44.2 Å². The van der Waals surface area contributed by atoms with Crippen molar-refractivity contribution < 1.29 is 17.9 Å². The number of benzene rings is 1. The first-order valence-corrected chi connectivity index (χ1v) is 9.40. The summed E-state index contributed by atoms with van der Waals surface area (Å²) in [6, 6.07) is 5.39. The molecule has 1 aromatic carbocycles. The van der Waals surface area contributed by atoms with Crippen molar-refractivity contribution in [1.82, 2.24) is 4.90 Å². The van der Waals surface area contributed by atoms with E-state index in [1.54, 1.807) is 13.8 Å². The van der Waals surface area contributed by atoms with Crippen molar-refractivity contribution in [3.8, 4) is 0 Å². The molecule has 10 heteroatoms. The molecule has 1 N–H and O–H groups in total. The van der Waals surface area contributed by atoms with E-state index in [0.29, 0.717) is 32.1 Å². The standard InChI is InChI=1S/C16H20N4O5S/c1-3-15(17-12(2)20-8-10-25-11-9-20)26(23,24)19-14-6-4-13(5-7-14)16(21)18-22/h3-7,19H,8-11H2,1-2H3/b15-3+,17-12+. The molecule has 1 amide bonds. The molecule has 0 bridgehead atoms. The topological polar surface area (TPSA) is 118 Å². The van der Waals surface area contributed by atoms with Crippen LogP contribution in [0.3, 0.4) is 0 Å². The zero-order valence-electron chi connectivity index (χ0n) is 14.5. The van der Waals surface area contributed by atoms with Gasteiger partial charge in [-0.15, -0.1) is 4.91 Å². The quantitative estimate of drug-likeness (QED) is 0.474. The van der Waals surface area contributed by atoms with Crippen LogP contribution >= 0.6 is 0 Å². The molecule has 0 spiro atoms. The van der Waals surface area contributed by atoms with Crippen LogP contribution < -0.4 is 4.72 Å². The average molecular weight is 380 g/mol. The Kier molecular flexibility index (Phi) is 6.58. The molecular formula is C16H20N4O5S. The molecule has 0 saturated carbocycles. The number of amidine groups is 1. The molecule has 140 valence electrons. The second kappa shape index (κ2) is 8.68. The molecule has 1 fully saturated rings. The highest BCUT2D eigenvalue weighted by Gasteiger charge is 2.19. The van der Waals surface area contributed by atoms with E-state index in [4.69, 9.17) is 4.74 Å². The molecule has 0 radical (unpaired) electrons. The van der Waals surface area contributed by atoms with Crippen LogP contribution in [0.2, 0.25) is 0 Å². The number of nitroso groups, excluding NO2 is 1. The molecule has 2 rings (SSSR count). The maximum Gasteiger partial charge on any atom is 0.316 e. The van der Waals surface area contributed by atoms with E-state index in [2.05, 4.69) is 14.9 Å². The Morgan fingerprint density at radius 2 is 1.85 bits per heavy atom. The maximum atomic E-state index is 12.6. The highest BCUT2D eigenvalue weighted by Crippen LogP contribution is 2.17. The lowest BCUT2D eigenvalue weighted by molar-refractivity contribution is 0.0678. The van der Waals surface area contributed by atoms with Crippen LogP contribution in [0.1, 0.15) is 24.2 Å². The van der Waals surface area contributed by atoms with Crippen LogP contribution in [0.5, 0.6) is 0 Å². The van der Waals surface area contributed by atoms with Gasteiger partial charge in [0.2, 0.25) is 0 Å². The first kappa shape index (κ1) is 19.7. The van der Waals surface area contributed by atoms with Crippen molar-refractivity contribution in [1.29, 1.82) is 0 Å². The van der Waals surface area contributed by atoms with Gasteiger partial charge in [-0.2, -0.15) is 8.42 Å². The Balaban J connectivity index is 2.16. The van der Waals surface area contributed by atoms with E-state index in [-0.39, 0.29) is 16.3 Å². The fourth-order valence-electron chi connectivity index (χ4n) is 2.34. The lowest BCUT2D eigenvalue weighted by atomic mass is 10.2. The van der Waals surface area contributed by atoms with Crippen LogP contribution in [-0.4, -0.2) is 51.4 Å². The summed E-state index contributed by atoms with van der Waals surface area (Å²) in [5.74, 6) is -0.330. The molecule has 9 nitrogen and oxygen atoms in total. The Bertz CT molecular complexity index is 825. The number of carbonyl (C=O) groups excluding carboxylic acids is 1. The number of hydrogen-bond acceptors (Lipinski definition) is 6. The van der Waals surface area contributed by atoms with Gasteiger partial charge in [0.25, 0.3) is 10.0 Å². The highest BCUT2D eigenvalue weighted by atomic mass is 32.2. The van der Waals surface area contributed by atoms with Crippen LogP contribution in [0.4, 0.5) is 5.69 Å². The van der Waals surface area contributed by atoms with Crippen molar-refractivity contribution in [2.24, 2.45) is 10.2 Å². The van der Waals surface area contributed by atoms with E-state index < -0.39 is 15.9 Å². The maximum absolute atomic E-state index is 12.6.